The number of nitrogens with two attached hydrogens (primary N) is 1. The van der Waals surface area contributed by atoms with E-state index in [-0.39, 0.29) is 0 Å². The number of hydrogen-bond acceptors (Lipinski definition) is 3. The standard InChI is InChI=1S/C12H18BrNO2/c1-5-16-10-7-8(12(2,3)14)6-9(13)11(10)15-4/h6-7H,5,14H2,1-4H3. The van der Waals surface area contributed by atoms with Crippen LogP contribution in [0.15, 0.2) is 16.6 Å². The van der Waals surface area contributed by atoms with Gasteiger partial charge in [-0.3, -0.25) is 0 Å². The van der Waals surface area contributed by atoms with Gasteiger partial charge in [-0.1, -0.05) is 0 Å². The fourth-order valence-corrected chi connectivity index (χ4v) is 2.00. The van der Waals surface area contributed by atoms with Crippen LogP contribution in [0, 0.1) is 0 Å². The van der Waals surface area contributed by atoms with Gasteiger partial charge in [0.05, 0.1) is 18.2 Å². The molecule has 0 radical (unpaired) electrons. The van der Waals surface area contributed by atoms with Gasteiger partial charge in [0.15, 0.2) is 11.5 Å². The first kappa shape index (κ1) is 13.3. The molecule has 1 aromatic rings. The molecule has 0 saturated heterocycles. The molecule has 4 heteroatoms. The van der Waals surface area contributed by atoms with E-state index in [2.05, 4.69) is 15.9 Å². The molecule has 0 atom stereocenters. The van der Waals surface area contributed by atoms with Gasteiger partial charge in [0, 0.05) is 5.54 Å². The van der Waals surface area contributed by atoms with Crippen molar-refractivity contribution in [2.75, 3.05) is 13.7 Å². The predicted molar refractivity (Wildman–Crippen MR) is 69.1 cm³/mol. The first-order chi connectivity index (χ1) is 7.40. The van der Waals surface area contributed by atoms with Crippen molar-refractivity contribution in [1.82, 2.24) is 0 Å². The summed E-state index contributed by atoms with van der Waals surface area (Å²) in [7, 11) is 1.62. The number of benzene rings is 1. The van der Waals surface area contributed by atoms with E-state index in [1.54, 1.807) is 7.11 Å². The van der Waals surface area contributed by atoms with Gasteiger partial charge in [0.2, 0.25) is 0 Å². The second kappa shape index (κ2) is 5.06. The topological polar surface area (TPSA) is 44.5 Å². The van der Waals surface area contributed by atoms with E-state index in [4.69, 9.17) is 15.2 Å². The summed E-state index contributed by atoms with van der Waals surface area (Å²) in [6, 6.07) is 3.88. The van der Waals surface area contributed by atoms with E-state index in [1.165, 1.54) is 0 Å². The Morgan fingerprint density at radius 3 is 2.44 bits per heavy atom. The van der Waals surface area contributed by atoms with Gasteiger partial charge >= 0.3 is 0 Å². The van der Waals surface area contributed by atoms with Gasteiger partial charge in [-0.2, -0.15) is 0 Å². The molecular weight excluding hydrogens is 270 g/mol. The lowest BCUT2D eigenvalue weighted by molar-refractivity contribution is 0.308. The molecule has 0 aromatic heterocycles. The van der Waals surface area contributed by atoms with E-state index in [9.17, 15) is 0 Å². The lowest BCUT2D eigenvalue weighted by Gasteiger charge is -2.22. The minimum Gasteiger partial charge on any atom is -0.492 e. The maximum atomic E-state index is 6.07. The summed E-state index contributed by atoms with van der Waals surface area (Å²) in [5.74, 6) is 1.42. The molecule has 0 aliphatic rings. The first-order valence-electron chi connectivity index (χ1n) is 5.19. The zero-order chi connectivity index (χ0) is 12.3. The maximum absolute atomic E-state index is 6.07. The molecule has 0 bridgehead atoms. The molecule has 0 aliphatic heterocycles. The molecule has 2 N–H and O–H groups in total. The molecule has 1 rings (SSSR count). The van der Waals surface area contributed by atoms with Crippen LogP contribution in [0.4, 0.5) is 0 Å². The quantitative estimate of drug-likeness (QED) is 0.926. The number of rotatable bonds is 4. The van der Waals surface area contributed by atoms with Crippen molar-refractivity contribution in [3.63, 3.8) is 0 Å². The number of halogens is 1. The summed E-state index contributed by atoms with van der Waals surface area (Å²) < 4.78 is 11.7. The molecule has 0 heterocycles. The van der Waals surface area contributed by atoms with Crippen molar-refractivity contribution < 1.29 is 9.47 Å². The Bertz CT molecular complexity index is 372. The van der Waals surface area contributed by atoms with Gasteiger partial charge in [0.25, 0.3) is 0 Å². The van der Waals surface area contributed by atoms with E-state index in [0.29, 0.717) is 18.1 Å². The highest BCUT2D eigenvalue weighted by Crippen LogP contribution is 2.38. The van der Waals surface area contributed by atoms with Crippen molar-refractivity contribution in [1.29, 1.82) is 0 Å². The van der Waals surface area contributed by atoms with Crippen LogP contribution in [-0.2, 0) is 5.54 Å². The third-order valence-electron chi connectivity index (χ3n) is 2.26. The molecule has 0 amide bonds. The third kappa shape index (κ3) is 2.89. The van der Waals surface area contributed by atoms with Crippen LogP contribution < -0.4 is 15.2 Å². The Morgan fingerprint density at radius 1 is 1.38 bits per heavy atom. The van der Waals surface area contributed by atoms with E-state index in [1.807, 2.05) is 32.9 Å². The van der Waals surface area contributed by atoms with Crippen LogP contribution in [-0.4, -0.2) is 13.7 Å². The summed E-state index contributed by atoms with van der Waals surface area (Å²) in [5.41, 5.74) is 6.67. The smallest absolute Gasteiger partial charge is 0.174 e. The molecule has 0 spiro atoms. The number of hydrogen-bond donors (Lipinski definition) is 1. The molecule has 0 saturated carbocycles. The summed E-state index contributed by atoms with van der Waals surface area (Å²) in [6.45, 7) is 6.44. The van der Waals surface area contributed by atoms with Crippen molar-refractivity contribution in [2.24, 2.45) is 5.73 Å². The van der Waals surface area contributed by atoms with Crippen molar-refractivity contribution in [3.8, 4) is 11.5 Å². The molecular formula is C12H18BrNO2. The van der Waals surface area contributed by atoms with Gasteiger partial charge in [-0.25, -0.2) is 0 Å². The molecule has 0 unspecified atom stereocenters. The van der Waals surface area contributed by atoms with E-state index < -0.39 is 5.54 Å². The van der Waals surface area contributed by atoms with Crippen LogP contribution in [0.2, 0.25) is 0 Å². The molecule has 3 nitrogen and oxygen atoms in total. The Balaban J connectivity index is 3.28. The predicted octanol–water partition coefficient (Wildman–Crippen LogP) is 3.05. The first-order valence-corrected chi connectivity index (χ1v) is 5.99. The third-order valence-corrected chi connectivity index (χ3v) is 2.85. The largest absolute Gasteiger partial charge is 0.492 e. The van der Waals surface area contributed by atoms with Crippen LogP contribution in [0.3, 0.4) is 0 Å². The highest BCUT2D eigenvalue weighted by Gasteiger charge is 2.19. The second-order valence-electron chi connectivity index (χ2n) is 4.14. The highest BCUT2D eigenvalue weighted by molar-refractivity contribution is 9.10. The van der Waals surface area contributed by atoms with Crippen LogP contribution in [0.25, 0.3) is 0 Å². The Labute approximate surface area is 105 Å². The van der Waals surface area contributed by atoms with E-state index in [0.717, 1.165) is 10.0 Å². The average molecular weight is 288 g/mol. The van der Waals surface area contributed by atoms with Crippen LogP contribution in [0.5, 0.6) is 11.5 Å². The van der Waals surface area contributed by atoms with Gasteiger partial charge in [-0.15, -0.1) is 0 Å². The van der Waals surface area contributed by atoms with Crippen molar-refractivity contribution in [3.05, 3.63) is 22.2 Å². The highest BCUT2D eigenvalue weighted by atomic mass is 79.9. The molecule has 0 aliphatic carbocycles. The minimum atomic E-state index is -0.402. The molecule has 0 fully saturated rings. The Hall–Kier alpha value is -0.740. The zero-order valence-electron chi connectivity index (χ0n) is 10.1. The summed E-state index contributed by atoms with van der Waals surface area (Å²) in [4.78, 5) is 0. The monoisotopic (exact) mass is 287 g/mol. The SMILES string of the molecule is CCOc1cc(C(C)(C)N)cc(Br)c1OC. The Morgan fingerprint density at radius 2 is 2.00 bits per heavy atom. The summed E-state index contributed by atoms with van der Waals surface area (Å²) in [6.07, 6.45) is 0. The molecule has 90 valence electrons. The zero-order valence-corrected chi connectivity index (χ0v) is 11.7. The summed E-state index contributed by atoms with van der Waals surface area (Å²) in [5, 5.41) is 0. The van der Waals surface area contributed by atoms with Crippen molar-refractivity contribution in [2.45, 2.75) is 26.3 Å². The van der Waals surface area contributed by atoms with Gasteiger partial charge in [-0.05, 0) is 54.4 Å². The van der Waals surface area contributed by atoms with Crippen molar-refractivity contribution >= 4 is 15.9 Å². The maximum Gasteiger partial charge on any atom is 0.174 e. The lowest BCUT2D eigenvalue weighted by atomic mass is 9.95. The van der Waals surface area contributed by atoms with E-state index >= 15 is 0 Å². The van der Waals surface area contributed by atoms with Gasteiger partial charge in [0.1, 0.15) is 0 Å². The molecule has 16 heavy (non-hydrogen) atoms. The number of methoxy groups -OCH3 is 1. The fraction of sp³-hybridized carbons (Fsp3) is 0.500. The fourth-order valence-electron chi connectivity index (χ4n) is 1.40. The normalized spacial score (nSPS) is 11.4. The lowest BCUT2D eigenvalue weighted by Crippen LogP contribution is -2.28. The summed E-state index contributed by atoms with van der Waals surface area (Å²) >= 11 is 3.46. The van der Waals surface area contributed by atoms with Crippen LogP contribution in [0.1, 0.15) is 26.3 Å². The average Bonchev–Trinajstić information content (AvgIpc) is 2.16. The minimum absolute atomic E-state index is 0.402. The Kier molecular flexibility index (Phi) is 4.21. The van der Waals surface area contributed by atoms with Gasteiger partial charge < -0.3 is 15.2 Å². The second-order valence-corrected chi connectivity index (χ2v) is 5.00. The van der Waals surface area contributed by atoms with Crippen LogP contribution >= 0.6 is 15.9 Å². The number of ether oxygens (including phenoxy) is 2. The molecule has 1 aromatic carbocycles.